The van der Waals surface area contributed by atoms with E-state index in [0.717, 1.165) is 12.8 Å². The zero-order valence-electron chi connectivity index (χ0n) is 11.3. The van der Waals surface area contributed by atoms with Crippen molar-refractivity contribution in [3.05, 3.63) is 41.3 Å². The standard InChI is InChI=1S/C16H20O2S/c1-16-11-5-6-13(16)9-10-15(12-16)19(17,18)14-7-3-2-4-8-14/h2-4,7-8,12-13H,5-6,9-11H2,1H3/t13-,16+/m0/s1. The lowest BCUT2D eigenvalue weighted by molar-refractivity contribution is 0.274. The largest absolute Gasteiger partial charge is 0.219 e. The molecule has 0 radical (unpaired) electrons. The fourth-order valence-corrected chi connectivity index (χ4v) is 5.28. The second-order valence-electron chi connectivity index (χ2n) is 6.06. The van der Waals surface area contributed by atoms with Crippen LogP contribution >= 0.6 is 0 Å². The summed E-state index contributed by atoms with van der Waals surface area (Å²) in [4.78, 5) is 1.07. The van der Waals surface area contributed by atoms with Crippen molar-refractivity contribution >= 4 is 9.84 Å². The van der Waals surface area contributed by atoms with Crippen molar-refractivity contribution < 1.29 is 8.42 Å². The van der Waals surface area contributed by atoms with Crippen molar-refractivity contribution in [3.63, 3.8) is 0 Å². The molecule has 0 aromatic heterocycles. The highest BCUT2D eigenvalue weighted by atomic mass is 32.2. The first-order chi connectivity index (χ1) is 9.02. The maximum atomic E-state index is 12.6. The number of fused-ring (bicyclic) bond motifs is 1. The third-order valence-electron chi connectivity index (χ3n) is 4.83. The van der Waals surface area contributed by atoms with Crippen LogP contribution in [0, 0.1) is 11.3 Å². The van der Waals surface area contributed by atoms with Crippen LogP contribution in [0.4, 0.5) is 0 Å². The minimum absolute atomic E-state index is 0.107. The summed E-state index contributed by atoms with van der Waals surface area (Å²) in [6.07, 6.45) is 7.41. The Bertz CT molecular complexity index is 601. The summed E-state index contributed by atoms with van der Waals surface area (Å²) in [5.41, 5.74) is 0.107. The number of benzene rings is 1. The molecule has 1 fully saturated rings. The number of allylic oxidation sites excluding steroid dienone is 2. The highest BCUT2D eigenvalue weighted by Crippen LogP contribution is 2.51. The van der Waals surface area contributed by atoms with Gasteiger partial charge in [-0.05, 0) is 49.1 Å². The highest BCUT2D eigenvalue weighted by Gasteiger charge is 2.41. The Balaban J connectivity index is 2.01. The first kappa shape index (κ1) is 12.9. The van der Waals surface area contributed by atoms with E-state index in [0.29, 0.717) is 22.1 Å². The van der Waals surface area contributed by atoms with E-state index in [1.807, 2.05) is 6.07 Å². The Morgan fingerprint density at radius 1 is 1.16 bits per heavy atom. The molecular formula is C16H20O2S. The molecule has 0 unspecified atom stereocenters. The summed E-state index contributed by atoms with van der Waals surface area (Å²) < 4.78 is 25.3. The molecule has 3 rings (SSSR count). The molecule has 102 valence electrons. The average Bonchev–Trinajstić information content (AvgIpc) is 2.80. The minimum atomic E-state index is -3.28. The molecule has 2 aliphatic carbocycles. The molecule has 0 amide bonds. The summed E-state index contributed by atoms with van der Waals surface area (Å²) in [6, 6.07) is 8.81. The van der Waals surface area contributed by atoms with Crippen LogP contribution in [0.15, 0.2) is 46.2 Å². The topological polar surface area (TPSA) is 34.1 Å². The molecule has 0 heterocycles. The third-order valence-corrected chi connectivity index (χ3v) is 6.73. The molecule has 3 heteroatoms. The van der Waals surface area contributed by atoms with E-state index >= 15 is 0 Å². The zero-order valence-corrected chi connectivity index (χ0v) is 12.1. The molecule has 1 saturated carbocycles. The van der Waals surface area contributed by atoms with E-state index in [1.54, 1.807) is 24.3 Å². The molecule has 2 nitrogen and oxygen atoms in total. The molecule has 1 aromatic carbocycles. The van der Waals surface area contributed by atoms with Crippen LogP contribution < -0.4 is 0 Å². The third kappa shape index (κ3) is 2.14. The van der Waals surface area contributed by atoms with E-state index < -0.39 is 9.84 Å². The molecule has 2 atom stereocenters. The summed E-state index contributed by atoms with van der Waals surface area (Å²) in [5.74, 6) is 0.683. The molecule has 1 aromatic rings. The van der Waals surface area contributed by atoms with Crippen LogP contribution in [0.5, 0.6) is 0 Å². The number of sulfone groups is 1. The summed E-state index contributed by atoms with van der Waals surface area (Å²) >= 11 is 0. The van der Waals surface area contributed by atoms with Gasteiger partial charge >= 0.3 is 0 Å². The SMILES string of the molecule is C[C@@]12C=C(S(=O)(=O)c3ccccc3)CC[C@@H]1CCC2. The van der Waals surface area contributed by atoms with Gasteiger partial charge in [-0.15, -0.1) is 0 Å². The fraction of sp³-hybridized carbons (Fsp3) is 0.500. The average molecular weight is 276 g/mol. The predicted molar refractivity (Wildman–Crippen MR) is 76.4 cm³/mol. The van der Waals surface area contributed by atoms with Crippen molar-refractivity contribution in [1.29, 1.82) is 0 Å². The fourth-order valence-electron chi connectivity index (χ4n) is 3.65. The number of hydrogen-bond acceptors (Lipinski definition) is 2. The maximum Gasteiger partial charge on any atom is 0.202 e. The van der Waals surface area contributed by atoms with Crippen LogP contribution in [-0.4, -0.2) is 8.42 Å². The second kappa shape index (κ2) is 4.48. The van der Waals surface area contributed by atoms with Gasteiger partial charge in [-0.25, -0.2) is 8.42 Å². The van der Waals surface area contributed by atoms with Gasteiger partial charge in [-0.3, -0.25) is 0 Å². The van der Waals surface area contributed by atoms with E-state index in [4.69, 9.17) is 0 Å². The Hall–Kier alpha value is -1.09. The van der Waals surface area contributed by atoms with Gasteiger partial charge in [0.25, 0.3) is 0 Å². The molecule has 0 spiro atoms. The lowest BCUT2D eigenvalue weighted by atomic mass is 9.74. The van der Waals surface area contributed by atoms with Gasteiger partial charge in [-0.2, -0.15) is 0 Å². The molecule has 0 saturated heterocycles. The number of rotatable bonds is 2. The van der Waals surface area contributed by atoms with Gasteiger partial charge in [0, 0.05) is 4.91 Å². The van der Waals surface area contributed by atoms with Crippen molar-refractivity contribution in [2.24, 2.45) is 11.3 Å². The van der Waals surface area contributed by atoms with E-state index in [9.17, 15) is 8.42 Å². The van der Waals surface area contributed by atoms with Crippen LogP contribution in [-0.2, 0) is 9.84 Å². The predicted octanol–water partition coefficient (Wildman–Crippen LogP) is 3.94. The Labute approximate surface area is 115 Å². The molecule has 0 aliphatic heterocycles. The lowest BCUT2D eigenvalue weighted by Gasteiger charge is -2.34. The van der Waals surface area contributed by atoms with Gasteiger partial charge in [-0.1, -0.05) is 37.6 Å². The molecule has 0 N–H and O–H groups in total. The van der Waals surface area contributed by atoms with Gasteiger partial charge < -0.3 is 0 Å². The van der Waals surface area contributed by atoms with Gasteiger partial charge in [0.1, 0.15) is 0 Å². The van der Waals surface area contributed by atoms with Crippen molar-refractivity contribution in [2.75, 3.05) is 0 Å². The van der Waals surface area contributed by atoms with E-state index in [1.165, 1.54) is 12.8 Å². The summed E-state index contributed by atoms with van der Waals surface area (Å²) in [7, 11) is -3.28. The minimum Gasteiger partial charge on any atom is -0.219 e. The van der Waals surface area contributed by atoms with Crippen LogP contribution in [0.25, 0.3) is 0 Å². The highest BCUT2D eigenvalue weighted by molar-refractivity contribution is 7.95. The van der Waals surface area contributed by atoms with E-state index in [2.05, 4.69) is 13.0 Å². The molecule has 2 aliphatic rings. The van der Waals surface area contributed by atoms with Gasteiger partial charge in [0.2, 0.25) is 9.84 Å². The first-order valence-electron chi connectivity index (χ1n) is 7.04. The Kier molecular flexibility index (Phi) is 3.05. The van der Waals surface area contributed by atoms with Gasteiger partial charge in [0.05, 0.1) is 4.90 Å². The number of hydrogen-bond donors (Lipinski definition) is 0. The second-order valence-corrected chi connectivity index (χ2v) is 8.06. The molecule has 19 heavy (non-hydrogen) atoms. The van der Waals surface area contributed by atoms with Crippen LogP contribution in [0.3, 0.4) is 0 Å². The maximum absolute atomic E-state index is 12.6. The lowest BCUT2D eigenvalue weighted by Crippen LogP contribution is -2.25. The normalized spacial score (nSPS) is 30.8. The first-order valence-corrected chi connectivity index (χ1v) is 8.53. The van der Waals surface area contributed by atoms with Crippen molar-refractivity contribution in [3.8, 4) is 0 Å². The summed E-state index contributed by atoms with van der Waals surface area (Å²) in [6.45, 7) is 2.23. The Morgan fingerprint density at radius 2 is 1.89 bits per heavy atom. The smallest absolute Gasteiger partial charge is 0.202 e. The Morgan fingerprint density at radius 3 is 2.63 bits per heavy atom. The van der Waals surface area contributed by atoms with Crippen LogP contribution in [0.1, 0.15) is 39.0 Å². The zero-order chi connectivity index (χ0) is 13.5. The van der Waals surface area contributed by atoms with Crippen molar-refractivity contribution in [2.45, 2.75) is 43.9 Å². The monoisotopic (exact) mass is 276 g/mol. The van der Waals surface area contributed by atoms with Crippen molar-refractivity contribution in [1.82, 2.24) is 0 Å². The molecular weight excluding hydrogens is 256 g/mol. The quantitative estimate of drug-likeness (QED) is 0.819. The van der Waals surface area contributed by atoms with E-state index in [-0.39, 0.29) is 5.41 Å². The summed E-state index contributed by atoms with van der Waals surface area (Å²) in [5, 5.41) is 0. The van der Waals surface area contributed by atoms with Crippen LogP contribution in [0.2, 0.25) is 0 Å². The molecule has 0 bridgehead atoms. The van der Waals surface area contributed by atoms with Gasteiger partial charge in [0.15, 0.2) is 0 Å².